The minimum Gasteiger partial charge on any atom is -0.377 e. The molecule has 1 atom stereocenters. The third-order valence-corrected chi connectivity index (χ3v) is 2.57. The molecule has 1 aliphatic heterocycles. The van der Waals surface area contributed by atoms with E-state index < -0.39 is 0 Å². The second-order valence-corrected chi connectivity index (χ2v) is 3.75. The van der Waals surface area contributed by atoms with Crippen LogP contribution in [0.1, 0.15) is 18.4 Å². The van der Waals surface area contributed by atoms with Crippen molar-refractivity contribution in [1.29, 1.82) is 0 Å². The third kappa shape index (κ3) is 4.20. The quantitative estimate of drug-likeness (QED) is 0.853. The van der Waals surface area contributed by atoms with Gasteiger partial charge in [0.25, 0.3) is 0 Å². The van der Waals surface area contributed by atoms with Crippen LogP contribution in [0.4, 0.5) is 0 Å². The highest BCUT2D eigenvalue weighted by Gasteiger charge is 2.14. The maximum atomic E-state index is 5.53. The van der Waals surface area contributed by atoms with Gasteiger partial charge in [0, 0.05) is 19.7 Å². The fourth-order valence-electron chi connectivity index (χ4n) is 1.78. The number of hydrogen-bond acceptors (Lipinski definition) is 2. The van der Waals surface area contributed by atoms with Gasteiger partial charge >= 0.3 is 0 Å². The Bertz CT molecular complexity index is 260. The van der Waals surface area contributed by atoms with Gasteiger partial charge in [0.2, 0.25) is 0 Å². The Morgan fingerprint density at radius 3 is 2.73 bits per heavy atom. The summed E-state index contributed by atoms with van der Waals surface area (Å²) in [5.74, 6) is 0. The maximum absolute atomic E-state index is 5.53. The van der Waals surface area contributed by atoms with E-state index in [0.29, 0.717) is 6.10 Å². The van der Waals surface area contributed by atoms with E-state index in [0.717, 1.165) is 19.7 Å². The lowest BCUT2D eigenvalue weighted by Gasteiger charge is -2.10. The summed E-state index contributed by atoms with van der Waals surface area (Å²) in [4.78, 5) is 0. The molecule has 0 aliphatic carbocycles. The van der Waals surface area contributed by atoms with Gasteiger partial charge in [-0.1, -0.05) is 30.3 Å². The highest BCUT2D eigenvalue weighted by Crippen LogP contribution is 2.10. The Hall–Kier alpha value is -0.570. The first-order valence-corrected chi connectivity index (χ1v) is 5.31. The summed E-state index contributed by atoms with van der Waals surface area (Å²) >= 11 is 0. The lowest BCUT2D eigenvalue weighted by Crippen LogP contribution is -2.25. The first-order valence-electron chi connectivity index (χ1n) is 5.31. The molecule has 15 heavy (non-hydrogen) atoms. The first-order chi connectivity index (χ1) is 6.95. The van der Waals surface area contributed by atoms with Crippen LogP contribution in [0.15, 0.2) is 30.3 Å². The molecule has 1 aromatic rings. The zero-order valence-electron chi connectivity index (χ0n) is 8.82. The lowest BCUT2D eigenvalue weighted by molar-refractivity contribution is 0.110. The average molecular weight is 228 g/mol. The topological polar surface area (TPSA) is 21.3 Å². The van der Waals surface area contributed by atoms with Gasteiger partial charge in [-0.15, -0.1) is 12.4 Å². The molecule has 1 aromatic carbocycles. The van der Waals surface area contributed by atoms with Crippen molar-refractivity contribution in [3.05, 3.63) is 35.9 Å². The van der Waals surface area contributed by atoms with E-state index >= 15 is 0 Å². The second-order valence-electron chi connectivity index (χ2n) is 3.75. The van der Waals surface area contributed by atoms with Gasteiger partial charge in [-0.05, 0) is 18.4 Å². The number of nitrogens with one attached hydrogen (secondary N) is 1. The van der Waals surface area contributed by atoms with Gasteiger partial charge in [0.15, 0.2) is 0 Å². The molecular weight excluding hydrogens is 210 g/mol. The number of hydrogen-bond donors (Lipinski definition) is 1. The van der Waals surface area contributed by atoms with Crippen LogP contribution in [0, 0.1) is 0 Å². The predicted octanol–water partition coefficient (Wildman–Crippen LogP) is 2.38. The lowest BCUT2D eigenvalue weighted by atomic mass is 10.2. The zero-order chi connectivity index (χ0) is 9.64. The van der Waals surface area contributed by atoms with Gasteiger partial charge in [0.05, 0.1) is 6.10 Å². The van der Waals surface area contributed by atoms with Crippen LogP contribution in [-0.2, 0) is 11.3 Å². The highest BCUT2D eigenvalue weighted by molar-refractivity contribution is 5.85. The van der Waals surface area contributed by atoms with Gasteiger partial charge in [-0.3, -0.25) is 0 Å². The van der Waals surface area contributed by atoms with Crippen LogP contribution in [0.5, 0.6) is 0 Å². The van der Waals surface area contributed by atoms with E-state index in [4.69, 9.17) is 4.74 Å². The molecule has 0 spiro atoms. The predicted molar refractivity (Wildman–Crippen MR) is 64.4 cm³/mol. The number of rotatable bonds is 4. The SMILES string of the molecule is Cl.c1ccc(CNCC2CCCO2)cc1. The van der Waals surface area contributed by atoms with Crippen molar-refractivity contribution in [3.8, 4) is 0 Å². The molecule has 3 heteroatoms. The van der Waals surface area contributed by atoms with E-state index in [2.05, 4.69) is 29.6 Å². The largest absolute Gasteiger partial charge is 0.377 e. The van der Waals surface area contributed by atoms with E-state index in [1.54, 1.807) is 0 Å². The van der Waals surface area contributed by atoms with Crippen molar-refractivity contribution >= 4 is 12.4 Å². The van der Waals surface area contributed by atoms with E-state index in [9.17, 15) is 0 Å². The van der Waals surface area contributed by atoms with Crippen LogP contribution >= 0.6 is 12.4 Å². The first kappa shape index (κ1) is 12.5. The Kier molecular flexibility index (Phi) is 5.69. The van der Waals surface area contributed by atoms with Crippen LogP contribution in [0.3, 0.4) is 0 Å². The molecule has 1 unspecified atom stereocenters. The van der Waals surface area contributed by atoms with Crippen molar-refractivity contribution in [2.45, 2.75) is 25.5 Å². The molecule has 84 valence electrons. The summed E-state index contributed by atoms with van der Waals surface area (Å²) in [6, 6.07) is 10.5. The summed E-state index contributed by atoms with van der Waals surface area (Å²) in [6.07, 6.45) is 2.87. The highest BCUT2D eigenvalue weighted by atomic mass is 35.5. The molecule has 1 aliphatic rings. The fraction of sp³-hybridized carbons (Fsp3) is 0.500. The Labute approximate surface area is 97.4 Å². The Morgan fingerprint density at radius 1 is 1.27 bits per heavy atom. The van der Waals surface area contributed by atoms with Crippen molar-refractivity contribution in [2.75, 3.05) is 13.2 Å². The fourth-order valence-corrected chi connectivity index (χ4v) is 1.78. The molecule has 2 nitrogen and oxygen atoms in total. The minimum atomic E-state index is 0. The standard InChI is InChI=1S/C12H17NO.ClH/c1-2-5-11(6-3-1)9-13-10-12-7-4-8-14-12;/h1-3,5-6,12-13H,4,7-10H2;1H. The van der Waals surface area contributed by atoms with Gasteiger partial charge in [0.1, 0.15) is 0 Å². The normalized spacial score (nSPS) is 19.9. The Morgan fingerprint density at radius 2 is 2.07 bits per heavy atom. The van der Waals surface area contributed by atoms with E-state index in [1.165, 1.54) is 18.4 Å². The molecule has 0 saturated carbocycles. The molecule has 1 saturated heterocycles. The maximum Gasteiger partial charge on any atom is 0.0700 e. The molecule has 0 bridgehead atoms. The Balaban J connectivity index is 0.00000112. The van der Waals surface area contributed by atoms with Gasteiger partial charge < -0.3 is 10.1 Å². The second kappa shape index (κ2) is 6.83. The molecule has 1 N–H and O–H groups in total. The monoisotopic (exact) mass is 227 g/mol. The molecule has 2 rings (SSSR count). The van der Waals surface area contributed by atoms with Crippen LogP contribution < -0.4 is 5.32 Å². The number of ether oxygens (including phenoxy) is 1. The molecule has 0 amide bonds. The third-order valence-electron chi connectivity index (χ3n) is 2.57. The summed E-state index contributed by atoms with van der Waals surface area (Å²) in [5, 5.41) is 3.42. The number of halogens is 1. The zero-order valence-corrected chi connectivity index (χ0v) is 9.63. The molecule has 1 fully saturated rings. The van der Waals surface area contributed by atoms with Crippen molar-refractivity contribution in [1.82, 2.24) is 5.32 Å². The summed E-state index contributed by atoms with van der Waals surface area (Å²) < 4.78 is 5.53. The van der Waals surface area contributed by atoms with Crippen molar-refractivity contribution in [2.24, 2.45) is 0 Å². The number of benzene rings is 1. The molecule has 0 radical (unpaired) electrons. The van der Waals surface area contributed by atoms with E-state index in [-0.39, 0.29) is 12.4 Å². The minimum absolute atomic E-state index is 0. The molecular formula is C12H18ClNO. The summed E-state index contributed by atoms with van der Waals surface area (Å²) in [7, 11) is 0. The smallest absolute Gasteiger partial charge is 0.0700 e. The van der Waals surface area contributed by atoms with Crippen molar-refractivity contribution < 1.29 is 4.74 Å². The molecule has 1 heterocycles. The summed E-state index contributed by atoms with van der Waals surface area (Å²) in [6.45, 7) is 2.87. The van der Waals surface area contributed by atoms with Crippen LogP contribution in [0.2, 0.25) is 0 Å². The molecule has 0 aromatic heterocycles. The summed E-state index contributed by atoms with van der Waals surface area (Å²) in [5.41, 5.74) is 1.34. The van der Waals surface area contributed by atoms with Gasteiger partial charge in [-0.2, -0.15) is 0 Å². The average Bonchev–Trinajstić information content (AvgIpc) is 2.72. The van der Waals surface area contributed by atoms with Gasteiger partial charge in [-0.25, -0.2) is 0 Å². The van der Waals surface area contributed by atoms with Crippen LogP contribution in [-0.4, -0.2) is 19.3 Å². The van der Waals surface area contributed by atoms with Crippen LogP contribution in [0.25, 0.3) is 0 Å². The van der Waals surface area contributed by atoms with Crippen molar-refractivity contribution in [3.63, 3.8) is 0 Å². The van der Waals surface area contributed by atoms with E-state index in [1.807, 2.05) is 6.07 Å².